The number of halogens is 3. The van der Waals surface area contributed by atoms with E-state index >= 15 is 0 Å². The smallest absolute Gasteiger partial charge is 0.257 e. The predicted molar refractivity (Wildman–Crippen MR) is 77.9 cm³/mol. The number of nitrogens with two attached hydrogens (primary N) is 1. The van der Waals surface area contributed by atoms with Gasteiger partial charge in [-0.05, 0) is 30.9 Å². The Labute approximate surface area is 128 Å². The van der Waals surface area contributed by atoms with Crippen LogP contribution in [0.5, 0.6) is 5.75 Å². The second kappa shape index (κ2) is 7.67. The number of ether oxygens (including phenoxy) is 1. The number of amides is 1. The van der Waals surface area contributed by atoms with Gasteiger partial charge in [-0.1, -0.05) is 11.6 Å². The van der Waals surface area contributed by atoms with Crippen LogP contribution in [0.15, 0.2) is 18.2 Å². The monoisotopic (exact) mass is 322 g/mol. The molecular formula is C13H17Cl2FN2O2. The fourth-order valence-corrected chi connectivity index (χ4v) is 1.86. The zero-order valence-electron chi connectivity index (χ0n) is 10.8. The maximum absolute atomic E-state index is 12.9. The molecule has 1 aromatic rings. The van der Waals surface area contributed by atoms with E-state index in [1.54, 1.807) is 0 Å². The molecule has 1 aromatic carbocycles. The molecule has 112 valence electrons. The van der Waals surface area contributed by atoms with Gasteiger partial charge in [0.1, 0.15) is 11.6 Å². The lowest BCUT2D eigenvalue weighted by Gasteiger charge is -2.12. The SMILES string of the molecule is Cl.NC(CNC(=O)COc1ccc(F)c(Cl)c1)C1CC1. The third-order valence-electron chi connectivity index (χ3n) is 3.02. The highest BCUT2D eigenvalue weighted by atomic mass is 35.5. The minimum atomic E-state index is -0.520. The van der Waals surface area contributed by atoms with Crippen molar-refractivity contribution in [2.24, 2.45) is 11.7 Å². The minimum Gasteiger partial charge on any atom is -0.484 e. The second-order valence-electron chi connectivity index (χ2n) is 4.67. The van der Waals surface area contributed by atoms with Crippen LogP contribution in [0, 0.1) is 11.7 Å². The number of hydrogen-bond acceptors (Lipinski definition) is 3. The lowest BCUT2D eigenvalue weighted by Crippen LogP contribution is -2.40. The molecule has 3 N–H and O–H groups in total. The van der Waals surface area contributed by atoms with Crippen molar-refractivity contribution in [3.05, 3.63) is 29.0 Å². The van der Waals surface area contributed by atoms with Gasteiger partial charge in [-0.15, -0.1) is 12.4 Å². The summed E-state index contributed by atoms with van der Waals surface area (Å²) in [6.07, 6.45) is 2.28. The van der Waals surface area contributed by atoms with Crippen LogP contribution >= 0.6 is 24.0 Å². The van der Waals surface area contributed by atoms with Gasteiger partial charge in [0.2, 0.25) is 0 Å². The van der Waals surface area contributed by atoms with E-state index in [1.807, 2.05) is 0 Å². The number of rotatable bonds is 6. The lowest BCUT2D eigenvalue weighted by atomic mass is 10.2. The summed E-state index contributed by atoms with van der Waals surface area (Å²) < 4.78 is 18.1. The Balaban J connectivity index is 0.00000200. The maximum atomic E-state index is 12.9. The molecule has 1 aliphatic carbocycles. The Morgan fingerprint density at radius 1 is 1.55 bits per heavy atom. The largest absolute Gasteiger partial charge is 0.484 e. The molecule has 4 nitrogen and oxygen atoms in total. The fourth-order valence-electron chi connectivity index (χ4n) is 1.69. The third-order valence-corrected chi connectivity index (χ3v) is 3.31. The molecule has 1 atom stereocenters. The molecule has 0 bridgehead atoms. The summed E-state index contributed by atoms with van der Waals surface area (Å²) in [6, 6.07) is 3.97. The lowest BCUT2D eigenvalue weighted by molar-refractivity contribution is -0.123. The van der Waals surface area contributed by atoms with Crippen molar-refractivity contribution in [1.29, 1.82) is 0 Å². The van der Waals surface area contributed by atoms with Gasteiger partial charge in [0.15, 0.2) is 6.61 Å². The Hall–Kier alpha value is -1.04. The van der Waals surface area contributed by atoms with Gasteiger partial charge in [0, 0.05) is 18.7 Å². The van der Waals surface area contributed by atoms with E-state index in [0.717, 1.165) is 12.8 Å². The molecule has 7 heteroatoms. The van der Waals surface area contributed by atoms with Gasteiger partial charge in [-0.25, -0.2) is 4.39 Å². The number of carbonyl (C=O) groups excluding carboxylic acids is 1. The number of carbonyl (C=O) groups is 1. The van der Waals surface area contributed by atoms with E-state index in [9.17, 15) is 9.18 Å². The zero-order valence-corrected chi connectivity index (χ0v) is 12.3. The summed E-state index contributed by atoms with van der Waals surface area (Å²) in [5, 5.41) is 2.67. The summed E-state index contributed by atoms with van der Waals surface area (Å²) >= 11 is 5.60. The van der Waals surface area contributed by atoms with Crippen molar-refractivity contribution in [2.45, 2.75) is 18.9 Å². The molecule has 1 aliphatic rings. The second-order valence-corrected chi connectivity index (χ2v) is 5.08. The fraction of sp³-hybridized carbons (Fsp3) is 0.462. The van der Waals surface area contributed by atoms with Crippen LogP contribution in [0.3, 0.4) is 0 Å². The highest BCUT2D eigenvalue weighted by Crippen LogP contribution is 2.31. The molecule has 1 unspecified atom stereocenters. The van der Waals surface area contributed by atoms with Gasteiger partial charge in [0.05, 0.1) is 5.02 Å². The Kier molecular flexibility index (Phi) is 6.52. The molecule has 0 heterocycles. The van der Waals surface area contributed by atoms with Crippen LogP contribution in [-0.4, -0.2) is 25.1 Å². The first-order valence-corrected chi connectivity index (χ1v) is 6.54. The van der Waals surface area contributed by atoms with Crippen LogP contribution in [0.1, 0.15) is 12.8 Å². The zero-order chi connectivity index (χ0) is 13.8. The standard InChI is InChI=1S/C13H16ClFN2O2.ClH/c14-10-5-9(3-4-11(10)15)19-7-13(18)17-6-12(16)8-1-2-8;/h3-5,8,12H,1-2,6-7,16H2,(H,17,18);1H. The molecule has 0 saturated heterocycles. The summed E-state index contributed by atoms with van der Waals surface area (Å²) in [6.45, 7) is 0.316. The summed E-state index contributed by atoms with van der Waals surface area (Å²) in [7, 11) is 0. The number of benzene rings is 1. The van der Waals surface area contributed by atoms with Crippen molar-refractivity contribution >= 4 is 29.9 Å². The first-order valence-electron chi connectivity index (χ1n) is 6.16. The minimum absolute atomic E-state index is 0. The van der Waals surface area contributed by atoms with Crippen LogP contribution in [0.25, 0.3) is 0 Å². The molecule has 1 amide bonds. The average molecular weight is 323 g/mol. The van der Waals surface area contributed by atoms with Crippen molar-refractivity contribution in [1.82, 2.24) is 5.32 Å². The Morgan fingerprint density at radius 3 is 2.85 bits per heavy atom. The summed E-state index contributed by atoms with van der Waals surface area (Å²) in [5.41, 5.74) is 5.86. The van der Waals surface area contributed by atoms with E-state index in [2.05, 4.69) is 5.32 Å². The van der Waals surface area contributed by atoms with E-state index in [-0.39, 0.29) is 36.0 Å². The van der Waals surface area contributed by atoms with E-state index in [4.69, 9.17) is 22.1 Å². The first-order chi connectivity index (χ1) is 9.06. The van der Waals surface area contributed by atoms with Crippen LogP contribution in [-0.2, 0) is 4.79 Å². The highest BCUT2D eigenvalue weighted by molar-refractivity contribution is 6.30. The molecule has 0 aromatic heterocycles. The van der Waals surface area contributed by atoms with Crippen LogP contribution in [0.4, 0.5) is 4.39 Å². The molecule has 0 spiro atoms. The van der Waals surface area contributed by atoms with Gasteiger partial charge < -0.3 is 15.8 Å². The van der Waals surface area contributed by atoms with Crippen molar-refractivity contribution in [3.8, 4) is 5.75 Å². The van der Waals surface area contributed by atoms with Crippen molar-refractivity contribution in [2.75, 3.05) is 13.2 Å². The van der Waals surface area contributed by atoms with E-state index in [0.29, 0.717) is 18.2 Å². The molecule has 1 fully saturated rings. The molecule has 2 rings (SSSR count). The van der Waals surface area contributed by atoms with Gasteiger partial charge in [-0.3, -0.25) is 4.79 Å². The van der Waals surface area contributed by atoms with Gasteiger partial charge >= 0.3 is 0 Å². The van der Waals surface area contributed by atoms with E-state index in [1.165, 1.54) is 18.2 Å². The maximum Gasteiger partial charge on any atom is 0.257 e. The quantitative estimate of drug-likeness (QED) is 0.843. The molecule has 1 saturated carbocycles. The Morgan fingerprint density at radius 2 is 2.25 bits per heavy atom. The summed E-state index contributed by atoms with van der Waals surface area (Å²) in [4.78, 5) is 11.5. The molecule has 0 radical (unpaired) electrons. The van der Waals surface area contributed by atoms with Crippen molar-refractivity contribution < 1.29 is 13.9 Å². The van der Waals surface area contributed by atoms with Crippen LogP contribution < -0.4 is 15.8 Å². The number of nitrogens with one attached hydrogen (secondary N) is 1. The predicted octanol–water partition coefficient (Wildman–Crippen LogP) is 2.13. The van der Waals surface area contributed by atoms with E-state index < -0.39 is 5.82 Å². The average Bonchev–Trinajstić information content (AvgIpc) is 3.21. The highest BCUT2D eigenvalue weighted by Gasteiger charge is 2.28. The molecular weight excluding hydrogens is 306 g/mol. The number of hydrogen-bond donors (Lipinski definition) is 2. The normalized spacial score (nSPS) is 15.2. The Bertz CT molecular complexity index is 470. The first kappa shape index (κ1) is 17.0. The third kappa shape index (κ3) is 5.15. The molecule has 0 aliphatic heterocycles. The topological polar surface area (TPSA) is 64.3 Å². The van der Waals surface area contributed by atoms with Gasteiger partial charge in [0.25, 0.3) is 5.91 Å². The van der Waals surface area contributed by atoms with Gasteiger partial charge in [-0.2, -0.15) is 0 Å². The molecule has 20 heavy (non-hydrogen) atoms. The van der Waals surface area contributed by atoms with Crippen LogP contribution in [0.2, 0.25) is 5.02 Å². The van der Waals surface area contributed by atoms with Crippen molar-refractivity contribution in [3.63, 3.8) is 0 Å². The summed E-state index contributed by atoms with van der Waals surface area (Å²) in [5.74, 6) is 0.121.